The van der Waals surface area contributed by atoms with E-state index in [1.165, 1.54) is 13.0 Å². The first-order chi connectivity index (χ1) is 10.8. The van der Waals surface area contributed by atoms with Gasteiger partial charge in [0.1, 0.15) is 11.6 Å². The van der Waals surface area contributed by atoms with E-state index in [4.69, 9.17) is 0 Å². The lowest BCUT2D eigenvalue weighted by Crippen LogP contribution is -2.23. The summed E-state index contributed by atoms with van der Waals surface area (Å²) in [5, 5.41) is 12.6. The average Bonchev–Trinajstić information content (AvgIpc) is 2.46. The minimum atomic E-state index is -4.46. The van der Waals surface area contributed by atoms with Gasteiger partial charge < -0.3 is 10.4 Å². The number of nitrogens with one attached hydrogen (secondary N) is 1. The Labute approximate surface area is 131 Å². The van der Waals surface area contributed by atoms with Crippen LogP contribution in [0.3, 0.4) is 0 Å². The second-order valence-corrected chi connectivity index (χ2v) is 5.21. The number of aryl methyl sites for hydroxylation is 1. The number of aliphatic hydroxyl groups excluding tert-OH is 1. The van der Waals surface area contributed by atoms with Gasteiger partial charge in [0.15, 0.2) is 0 Å². The first kappa shape index (κ1) is 17.2. The van der Waals surface area contributed by atoms with E-state index in [9.17, 15) is 22.7 Å². The van der Waals surface area contributed by atoms with Crippen molar-refractivity contribution in [2.75, 3.05) is 11.9 Å². The van der Waals surface area contributed by atoms with Crippen molar-refractivity contribution >= 4 is 5.82 Å². The molecule has 0 radical (unpaired) electrons. The molecule has 1 aromatic carbocycles. The number of aliphatic hydroxyl groups is 1. The highest BCUT2D eigenvalue weighted by atomic mass is 19.4. The number of halogens is 4. The molecule has 0 saturated heterocycles. The van der Waals surface area contributed by atoms with Gasteiger partial charge in [-0.05, 0) is 30.7 Å². The van der Waals surface area contributed by atoms with E-state index in [1.807, 2.05) is 0 Å². The number of pyridine rings is 1. The third-order valence-corrected chi connectivity index (χ3v) is 3.21. The second-order valence-electron chi connectivity index (χ2n) is 5.21. The molecule has 1 unspecified atom stereocenters. The Bertz CT molecular complexity index is 673. The van der Waals surface area contributed by atoms with Crippen LogP contribution in [0.5, 0.6) is 0 Å². The molecule has 1 aromatic heterocycles. The lowest BCUT2D eigenvalue weighted by atomic mass is 10.1. The molecule has 0 spiro atoms. The second kappa shape index (κ2) is 6.95. The number of aromatic nitrogens is 1. The highest BCUT2D eigenvalue weighted by molar-refractivity contribution is 5.40. The van der Waals surface area contributed by atoms with Crippen molar-refractivity contribution < 1.29 is 22.7 Å². The smallest absolute Gasteiger partial charge is 0.391 e. The van der Waals surface area contributed by atoms with Crippen molar-refractivity contribution in [3.8, 4) is 0 Å². The Morgan fingerprint density at radius 1 is 1.22 bits per heavy atom. The van der Waals surface area contributed by atoms with E-state index in [0.29, 0.717) is 5.56 Å². The first-order valence-corrected chi connectivity index (χ1v) is 6.97. The zero-order chi connectivity index (χ0) is 17.0. The normalized spacial score (nSPS) is 13.0. The summed E-state index contributed by atoms with van der Waals surface area (Å²) in [7, 11) is 0. The lowest BCUT2D eigenvalue weighted by molar-refractivity contribution is -0.137. The number of hydrogen-bond acceptors (Lipinski definition) is 3. The predicted octanol–water partition coefficient (Wildman–Crippen LogP) is 3.56. The largest absolute Gasteiger partial charge is 0.416 e. The Morgan fingerprint density at radius 2 is 1.91 bits per heavy atom. The summed E-state index contributed by atoms with van der Waals surface area (Å²) < 4.78 is 51.7. The molecule has 3 nitrogen and oxygen atoms in total. The quantitative estimate of drug-likeness (QED) is 0.825. The van der Waals surface area contributed by atoms with E-state index in [2.05, 4.69) is 10.3 Å². The van der Waals surface area contributed by atoms with E-state index >= 15 is 0 Å². The molecule has 2 N–H and O–H groups in total. The summed E-state index contributed by atoms with van der Waals surface area (Å²) in [6, 6.07) is 7.84. The topological polar surface area (TPSA) is 45.1 Å². The molecular formula is C16H16F4N2O. The van der Waals surface area contributed by atoms with Gasteiger partial charge in [0.05, 0.1) is 11.7 Å². The molecule has 23 heavy (non-hydrogen) atoms. The van der Waals surface area contributed by atoms with E-state index in [-0.39, 0.29) is 24.5 Å². The van der Waals surface area contributed by atoms with Gasteiger partial charge in [-0.2, -0.15) is 13.2 Å². The standard InChI is InChI=1S/C16H16F4N2O/c1-10-6-12(16(18,19)20)8-15(22-10)21-9-13(23)7-11-4-2-3-5-14(11)17/h2-6,8,13,23H,7,9H2,1H3,(H,21,22). The summed E-state index contributed by atoms with van der Waals surface area (Å²) in [4.78, 5) is 3.95. The number of nitrogens with zero attached hydrogens (tertiary/aromatic N) is 1. The summed E-state index contributed by atoms with van der Waals surface area (Å²) in [5.41, 5.74) is -0.253. The fraction of sp³-hybridized carbons (Fsp3) is 0.312. The maximum Gasteiger partial charge on any atom is 0.416 e. The predicted molar refractivity (Wildman–Crippen MR) is 78.6 cm³/mol. The fourth-order valence-corrected chi connectivity index (χ4v) is 2.14. The number of anilines is 1. The zero-order valence-corrected chi connectivity index (χ0v) is 12.4. The molecule has 0 bridgehead atoms. The van der Waals surface area contributed by atoms with Gasteiger partial charge in [-0.3, -0.25) is 0 Å². The lowest BCUT2D eigenvalue weighted by Gasteiger charge is -2.15. The van der Waals surface area contributed by atoms with Crippen molar-refractivity contribution in [3.63, 3.8) is 0 Å². The van der Waals surface area contributed by atoms with Crippen LogP contribution in [0.15, 0.2) is 36.4 Å². The van der Waals surface area contributed by atoms with Crippen molar-refractivity contribution in [1.29, 1.82) is 0 Å². The summed E-state index contributed by atoms with van der Waals surface area (Å²) in [6.07, 6.45) is -5.36. The van der Waals surface area contributed by atoms with Crippen LogP contribution in [0.4, 0.5) is 23.4 Å². The van der Waals surface area contributed by atoms with Gasteiger partial charge in [0.2, 0.25) is 0 Å². The molecule has 1 atom stereocenters. The van der Waals surface area contributed by atoms with Gasteiger partial charge in [-0.1, -0.05) is 18.2 Å². The highest BCUT2D eigenvalue weighted by Gasteiger charge is 2.31. The van der Waals surface area contributed by atoms with Crippen LogP contribution in [-0.2, 0) is 12.6 Å². The molecule has 2 rings (SSSR count). The summed E-state index contributed by atoms with van der Waals surface area (Å²) in [5.74, 6) is -0.413. The van der Waals surface area contributed by atoms with Crippen LogP contribution in [0.25, 0.3) is 0 Å². The van der Waals surface area contributed by atoms with Crippen LogP contribution < -0.4 is 5.32 Å². The molecule has 7 heteroatoms. The Morgan fingerprint density at radius 3 is 2.57 bits per heavy atom. The third-order valence-electron chi connectivity index (χ3n) is 3.21. The number of rotatable bonds is 5. The van der Waals surface area contributed by atoms with Crippen LogP contribution in [-0.4, -0.2) is 22.7 Å². The molecule has 124 valence electrons. The van der Waals surface area contributed by atoms with Gasteiger partial charge in [-0.25, -0.2) is 9.37 Å². The van der Waals surface area contributed by atoms with E-state index in [0.717, 1.165) is 12.1 Å². The van der Waals surface area contributed by atoms with Crippen LogP contribution in [0.2, 0.25) is 0 Å². The Hall–Kier alpha value is -2.15. The van der Waals surface area contributed by atoms with Gasteiger partial charge >= 0.3 is 6.18 Å². The van der Waals surface area contributed by atoms with Crippen molar-refractivity contribution in [2.45, 2.75) is 25.6 Å². The maximum atomic E-state index is 13.5. The molecule has 0 aliphatic heterocycles. The molecule has 2 aromatic rings. The summed E-state index contributed by atoms with van der Waals surface area (Å²) in [6.45, 7) is 1.41. The summed E-state index contributed by atoms with van der Waals surface area (Å²) >= 11 is 0. The number of alkyl halides is 3. The van der Waals surface area contributed by atoms with Crippen molar-refractivity contribution in [1.82, 2.24) is 4.98 Å². The van der Waals surface area contributed by atoms with Crippen molar-refractivity contribution in [3.05, 3.63) is 59.0 Å². The molecule has 1 heterocycles. The van der Waals surface area contributed by atoms with Gasteiger partial charge in [-0.15, -0.1) is 0 Å². The van der Waals surface area contributed by atoms with Crippen molar-refractivity contribution in [2.24, 2.45) is 0 Å². The molecule has 0 fully saturated rings. The number of benzene rings is 1. The Balaban J connectivity index is 2.00. The Kier molecular flexibility index (Phi) is 5.20. The average molecular weight is 328 g/mol. The minimum Gasteiger partial charge on any atom is -0.391 e. The van der Waals surface area contributed by atoms with E-state index in [1.54, 1.807) is 18.2 Å². The first-order valence-electron chi connectivity index (χ1n) is 6.97. The number of hydrogen-bond donors (Lipinski definition) is 2. The third kappa shape index (κ3) is 4.92. The van der Waals surface area contributed by atoms with E-state index < -0.39 is 23.7 Å². The van der Waals surface area contributed by atoms with Crippen LogP contribution >= 0.6 is 0 Å². The maximum absolute atomic E-state index is 13.5. The molecule has 0 amide bonds. The SMILES string of the molecule is Cc1cc(C(F)(F)F)cc(NCC(O)Cc2ccccc2F)n1. The van der Waals surface area contributed by atoms with Gasteiger partial charge in [0, 0.05) is 18.7 Å². The molecule has 0 saturated carbocycles. The minimum absolute atomic E-state index is 0.0184. The molecular weight excluding hydrogens is 312 g/mol. The van der Waals surface area contributed by atoms with Gasteiger partial charge in [0.25, 0.3) is 0 Å². The van der Waals surface area contributed by atoms with Crippen LogP contribution in [0.1, 0.15) is 16.8 Å². The monoisotopic (exact) mass is 328 g/mol. The van der Waals surface area contributed by atoms with Crippen LogP contribution in [0, 0.1) is 12.7 Å². The molecule has 0 aliphatic rings. The molecule has 0 aliphatic carbocycles. The fourth-order valence-electron chi connectivity index (χ4n) is 2.14. The highest BCUT2D eigenvalue weighted by Crippen LogP contribution is 2.30. The zero-order valence-electron chi connectivity index (χ0n) is 12.4.